The van der Waals surface area contributed by atoms with Gasteiger partial charge >= 0.3 is 0 Å². The maximum atomic E-state index is 6.73. The Morgan fingerprint density at radius 1 is 0.720 bits per heavy atom. The van der Waals surface area contributed by atoms with Gasteiger partial charge in [0.15, 0.2) is 0 Å². The first-order chi connectivity index (χ1) is 12.1. The highest BCUT2D eigenvalue weighted by atomic mass is 35.5. The third kappa shape index (κ3) is 2.64. The summed E-state index contributed by atoms with van der Waals surface area (Å²) >= 11 is 26.9. The molecule has 0 bridgehead atoms. The SMILES string of the molecule is ClC1=CC=CC1[Si](C1=C(Cl)CC=C1)(C1=C(Cl)CC=C1)C1C=CC=C1Cl. The van der Waals surface area contributed by atoms with E-state index in [0.29, 0.717) is 0 Å². The first kappa shape index (κ1) is 17.7. The van der Waals surface area contributed by atoms with E-state index in [1.165, 1.54) is 10.4 Å². The van der Waals surface area contributed by atoms with Gasteiger partial charge in [-0.05, 0) is 22.5 Å². The topological polar surface area (TPSA) is 0 Å². The van der Waals surface area contributed by atoms with Gasteiger partial charge in [0.1, 0.15) is 8.07 Å². The number of hydrogen-bond donors (Lipinski definition) is 0. The summed E-state index contributed by atoms with van der Waals surface area (Å²) < 4.78 is 0. The highest BCUT2D eigenvalue weighted by molar-refractivity contribution is 7.00. The van der Waals surface area contributed by atoms with Crippen molar-refractivity contribution >= 4 is 54.5 Å². The highest BCUT2D eigenvalue weighted by Crippen LogP contribution is 2.59. The van der Waals surface area contributed by atoms with Crippen molar-refractivity contribution in [3.8, 4) is 0 Å². The molecule has 0 N–H and O–H groups in total. The Labute approximate surface area is 169 Å². The summed E-state index contributed by atoms with van der Waals surface area (Å²) in [7, 11) is -2.57. The summed E-state index contributed by atoms with van der Waals surface area (Å²) in [6, 6.07) is 0. The lowest BCUT2D eigenvalue weighted by Crippen LogP contribution is -2.48. The smallest absolute Gasteiger partial charge is 0.0889 e. The predicted molar refractivity (Wildman–Crippen MR) is 113 cm³/mol. The molecule has 4 rings (SSSR count). The van der Waals surface area contributed by atoms with Gasteiger partial charge in [-0.1, -0.05) is 95.0 Å². The summed E-state index contributed by atoms with van der Waals surface area (Å²) in [6.07, 6.45) is 22.5. The van der Waals surface area contributed by atoms with Gasteiger partial charge in [0.2, 0.25) is 0 Å². The van der Waals surface area contributed by atoms with Crippen molar-refractivity contribution in [3.05, 3.63) is 91.3 Å². The Balaban J connectivity index is 2.05. The molecule has 0 spiro atoms. The van der Waals surface area contributed by atoms with Gasteiger partial charge < -0.3 is 0 Å². The van der Waals surface area contributed by atoms with Crippen molar-refractivity contribution < 1.29 is 0 Å². The molecule has 2 unspecified atom stereocenters. The Bertz CT molecular complexity index is 792. The molecule has 2 atom stereocenters. The van der Waals surface area contributed by atoms with Crippen molar-refractivity contribution in [2.24, 2.45) is 0 Å². The van der Waals surface area contributed by atoms with Crippen molar-refractivity contribution in [2.45, 2.75) is 23.9 Å². The van der Waals surface area contributed by atoms with Crippen molar-refractivity contribution in [2.75, 3.05) is 0 Å². The molecule has 0 amide bonds. The molecule has 5 heteroatoms. The first-order valence-electron chi connectivity index (χ1n) is 8.26. The van der Waals surface area contributed by atoms with Crippen molar-refractivity contribution in [3.63, 3.8) is 0 Å². The van der Waals surface area contributed by atoms with E-state index in [9.17, 15) is 0 Å². The van der Waals surface area contributed by atoms with Crippen molar-refractivity contribution in [1.29, 1.82) is 0 Å². The van der Waals surface area contributed by atoms with E-state index in [1.807, 2.05) is 24.3 Å². The van der Waals surface area contributed by atoms with E-state index >= 15 is 0 Å². The summed E-state index contributed by atoms with van der Waals surface area (Å²) in [6.45, 7) is 0. The second-order valence-electron chi connectivity index (χ2n) is 6.55. The van der Waals surface area contributed by atoms with Crippen LogP contribution in [0.15, 0.2) is 91.3 Å². The van der Waals surface area contributed by atoms with Crippen LogP contribution in [0.25, 0.3) is 0 Å². The molecule has 0 fully saturated rings. The maximum absolute atomic E-state index is 6.73. The number of rotatable bonds is 4. The van der Waals surface area contributed by atoms with E-state index < -0.39 is 8.07 Å². The molecule has 0 aromatic carbocycles. The maximum Gasteiger partial charge on any atom is 0.144 e. The molecule has 4 aliphatic rings. The van der Waals surface area contributed by atoms with Crippen LogP contribution in [0, 0.1) is 0 Å². The Hall–Kier alpha value is -0.703. The molecule has 128 valence electrons. The van der Waals surface area contributed by atoms with Crippen LogP contribution in [0.1, 0.15) is 12.8 Å². The van der Waals surface area contributed by atoms with Gasteiger partial charge in [0.05, 0.1) is 0 Å². The molecule has 0 saturated heterocycles. The zero-order valence-electron chi connectivity index (χ0n) is 13.4. The van der Waals surface area contributed by atoms with Gasteiger partial charge in [-0.25, -0.2) is 0 Å². The van der Waals surface area contributed by atoms with E-state index in [1.54, 1.807) is 0 Å². The fourth-order valence-corrected chi connectivity index (χ4v) is 12.7. The molecule has 0 radical (unpaired) electrons. The normalized spacial score (nSPS) is 28.0. The monoisotopic (exact) mass is 424 g/mol. The van der Waals surface area contributed by atoms with E-state index in [2.05, 4.69) is 36.5 Å². The lowest BCUT2D eigenvalue weighted by molar-refractivity contribution is 1.15. The third-order valence-corrected chi connectivity index (χ3v) is 13.1. The van der Waals surface area contributed by atoms with Crippen LogP contribution < -0.4 is 0 Å². The molecular weight excluding hydrogens is 410 g/mol. The molecule has 4 aliphatic carbocycles. The van der Waals surface area contributed by atoms with Gasteiger partial charge in [0.25, 0.3) is 0 Å². The van der Waals surface area contributed by atoms with Crippen molar-refractivity contribution in [1.82, 2.24) is 0 Å². The minimum atomic E-state index is -2.57. The Morgan fingerprint density at radius 3 is 1.44 bits per heavy atom. The zero-order valence-corrected chi connectivity index (χ0v) is 17.4. The molecule has 25 heavy (non-hydrogen) atoms. The predicted octanol–water partition coefficient (Wildman–Crippen LogP) is 7.54. The Kier molecular flexibility index (Phi) is 4.81. The molecule has 0 aromatic heterocycles. The van der Waals surface area contributed by atoms with Crippen LogP contribution in [0.2, 0.25) is 11.1 Å². The molecular formula is C20H16Cl4Si. The van der Waals surface area contributed by atoms with Crippen LogP contribution in [-0.4, -0.2) is 8.07 Å². The van der Waals surface area contributed by atoms with E-state index in [0.717, 1.165) is 33.0 Å². The molecule has 0 nitrogen and oxygen atoms in total. The highest BCUT2D eigenvalue weighted by Gasteiger charge is 2.55. The van der Waals surface area contributed by atoms with Crippen LogP contribution >= 0.6 is 46.4 Å². The summed E-state index contributed by atoms with van der Waals surface area (Å²) in [4.78, 5) is 0. The van der Waals surface area contributed by atoms with Crippen LogP contribution in [-0.2, 0) is 0 Å². The second kappa shape index (κ2) is 6.79. The van der Waals surface area contributed by atoms with Gasteiger partial charge in [-0.2, -0.15) is 0 Å². The van der Waals surface area contributed by atoms with Gasteiger partial charge in [-0.15, -0.1) is 0 Å². The molecule has 0 aliphatic heterocycles. The average molecular weight is 426 g/mol. The molecule has 0 aromatic rings. The van der Waals surface area contributed by atoms with E-state index in [4.69, 9.17) is 46.4 Å². The second-order valence-corrected chi connectivity index (χ2v) is 12.4. The summed E-state index contributed by atoms with van der Waals surface area (Å²) in [5.74, 6) is 0. The van der Waals surface area contributed by atoms with Gasteiger partial charge in [0, 0.05) is 44.1 Å². The minimum absolute atomic E-state index is 0.0714. The van der Waals surface area contributed by atoms with Gasteiger partial charge in [-0.3, -0.25) is 0 Å². The van der Waals surface area contributed by atoms with E-state index in [-0.39, 0.29) is 11.1 Å². The lowest BCUT2D eigenvalue weighted by atomic mass is 10.4. The zero-order chi connectivity index (χ0) is 17.6. The summed E-state index contributed by atoms with van der Waals surface area (Å²) in [5, 5.41) is 5.84. The average Bonchev–Trinajstić information content (AvgIpc) is 3.35. The van der Waals surface area contributed by atoms with Crippen LogP contribution in [0.5, 0.6) is 0 Å². The fourth-order valence-electron chi connectivity index (χ4n) is 4.34. The van der Waals surface area contributed by atoms with Crippen LogP contribution in [0.3, 0.4) is 0 Å². The lowest BCUT2D eigenvalue weighted by Gasteiger charge is -2.43. The third-order valence-electron chi connectivity index (χ3n) is 5.33. The van der Waals surface area contributed by atoms with Crippen LogP contribution in [0.4, 0.5) is 0 Å². The molecule has 0 saturated carbocycles. The largest absolute Gasteiger partial charge is 0.144 e. The minimum Gasteiger partial charge on any atom is -0.0889 e. The quantitative estimate of drug-likeness (QED) is 0.408. The fraction of sp³-hybridized carbons (Fsp3) is 0.200. The first-order valence-corrected chi connectivity index (χ1v) is 11.9. The number of halogens is 4. The molecule has 0 heterocycles. The standard InChI is InChI=1S/C20H16Cl4Si/c21-13-5-1-9-17(13)25(18-10-2-6-14(18)22,19-11-3-7-15(19)23)20-12-4-8-16(20)24/h1-6,9-12,17-18H,7-8H2. The summed E-state index contributed by atoms with van der Waals surface area (Å²) in [5.41, 5.74) is 0.143. The number of allylic oxidation sites excluding steroid dienone is 16. The number of hydrogen-bond acceptors (Lipinski definition) is 0. The Morgan fingerprint density at radius 2 is 1.16 bits per heavy atom.